The summed E-state index contributed by atoms with van der Waals surface area (Å²) in [5.74, 6) is 0.537. The minimum Gasteiger partial charge on any atom is -0.343 e. The zero-order chi connectivity index (χ0) is 17.2. The van der Waals surface area contributed by atoms with Crippen molar-refractivity contribution in [2.75, 3.05) is 13.1 Å². The molecular formula is C19H28N2O3. The van der Waals surface area contributed by atoms with Crippen molar-refractivity contribution in [1.29, 1.82) is 0 Å². The molecule has 2 rings (SSSR count). The van der Waals surface area contributed by atoms with Crippen molar-refractivity contribution < 1.29 is 14.8 Å². The molecule has 5 heteroatoms. The highest BCUT2D eigenvalue weighted by Crippen LogP contribution is 2.23. The lowest BCUT2D eigenvalue weighted by atomic mass is 9.91. The van der Waals surface area contributed by atoms with Gasteiger partial charge in [-0.05, 0) is 50.0 Å². The van der Waals surface area contributed by atoms with E-state index in [0.29, 0.717) is 18.8 Å². The number of hydroxylamine groups is 1. The number of piperidine rings is 1. The van der Waals surface area contributed by atoms with Crippen molar-refractivity contribution >= 4 is 11.8 Å². The highest BCUT2D eigenvalue weighted by molar-refractivity contribution is 5.76. The standard InChI is InChI=1S/C19H28N2O3/c22-18(20-24)10-4-8-17-12-14-21(15-13-17)19(23)11-5-9-16-6-2-1-3-7-16/h1-3,6-7,17,24H,4-5,8-15H2,(H,20,22). The zero-order valence-electron chi connectivity index (χ0n) is 14.2. The maximum Gasteiger partial charge on any atom is 0.243 e. The van der Waals surface area contributed by atoms with Gasteiger partial charge in [-0.15, -0.1) is 0 Å². The van der Waals surface area contributed by atoms with Crippen LogP contribution in [0.3, 0.4) is 0 Å². The lowest BCUT2D eigenvalue weighted by Gasteiger charge is -2.32. The van der Waals surface area contributed by atoms with Crippen molar-refractivity contribution in [3.05, 3.63) is 35.9 Å². The van der Waals surface area contributed by atoms with E-state index < -0.39 is 0 Å². The molecule has 0 spiro atoms. The maximum absolute atomic E-state index is 12.3. The number of nitrogens with one attached hydrogen (secondary N) is 1. The minimum absolute atomic E-state index is 0.268. The van der Waals surface area contributed by atoms with Gasteiger partial charge in [0.25, 0.3) is 0 Å². The van der Waals surface area contributed by atoms with E-state index in [1.165, 1.54) is 5.56 Å². The second-order valence-corrected chi connectivity index (χ2v) is 6.59. The van der Waals surface area contributed by atoms with E-state index in [4.69, 9.17) is 5.21 Å². The Kier molecular flexibility index (Phi) is 7.75. The first-order valence-corrected chi connectivity index (χ1v) is 8.93. The van der Waals surface area contributed by atoms with Crippen molar-refractivity contribution in [3.63, 3.8) is 0 Å². The van der Waals surface area contributed by atoms with E-state index in [-0.39, 0.29) is 11.8 Å². The molecule has 24 heavy (non-hydrogen) atoms. The summed E-state index contributed by atoms with van der Waals surface area (Å²) in [6.45, 7) is 1.67. The molecule has 132 valence electrons. The number of hydrogen-bond acceptors (Lipinski definition) is 3. The number of nitrogens with zero attached hydrogens (tertiary/aromatic N) is 1. The molecule has 2 N–H and O–H groups in total. The number of aryl methyl sites for hydroxylation is 1. The summed E-state index contributed by atoms with van der Waals surface area (Å²) in [5.41, 5.74) is 2.95. The molecule has 0 aliphatic carbocycles. The van der Waals surface area contributed by atoms with Crippen LogP contribution in [0.4, 0.5) is 0 Å². The molecule has 0 unspecified atom stereocenters. The lowest BCUT2D eigenvalue weighted by Crippen LogP contribution is -2.38. The SMILES string of the molecule is O=C(CCCC1CCN(C(=O)CCCc2ccccc2)CC1)NO. The molecule has 0 radical (unpaired) electrons. The Morgan fingerprint density at radius 3 is 2.46 bits per heavy atom. The van der Waals surface area contributed by atoms with Gasteiger partial charge >= 0.3 is 0 Å². The number of rotatable bonds is 8. The van der Waals surface area contributed by atoms with Gasteiger partial charge < -0.3 is 4.90 Å². The molecule has 1 aromatic carbocycles. The smallest absolute Gasteiger partial charge is 0.243 e. The first kappa shape index (κ1) is 18.5. The van der Waals surface area contributed by atoms with Crippen molar-refractivity contribution in [1.82, 2.24) is 10.4 Å². The summed E-state index contributed by atoms with van der Waals surface area (Å²) in [4.78, 5) is 25.3. The first-order chi connectivity index (χ1) is 11.7. The van der Waals surface area contributed by atoms with E-state index in [2.05, 4.69) is 12.1 Å². The third-order valence-corrected chi connectivity index (χ3v) is 4.81. The second kappa shape index (κ2) is 10.1. The van der Waals surface area contributed by atoms with Crippen molar-refractivity contribution in [3.8, 4) is 0 Å². The Bertz CT molecular complexity index is 511. The normalized spacial score (nSPS) is 15.3. The number of likely N-dealkylation sites (tertiary alicyclic amines) is 1. The monoisotopic (exact) mass is 332 g/mol. The van der Waals surface area contributed by atoms with Gasteiger partial charge in [0, 0.05) is 25.9 Å². The lowest BCUT2D eigenvalue weighted by molar-refractivity contribution is -0.132. The van der Waals surface area contributed by atoms with Crippen LogP contribution in [0.5, 0.6) is 0 Å². The van der Waals surface area contributed by atoms with Crippen LogP contribution < -0.4 is 5.48 Å². The van der Waals surface area contributed by atoms with Gasteiger partial charge in [0.1, 0.15) is 0 Å². The molecule has 2 amide bonds. The fourth-order valence-corrected chi connectivity index (χ4v) is 3.32. The van der Waals surface area contributed by atoms with Crippen LogP contribution in [0.2, 0.25) is 0 Å². The Morgan fingerprint density at radius 2 is 1.79 bits per heavy atom. The highest BCUT2D eigenvalue weighted by Gasteiger charge is 2.22. The Hall–Kier alpha value is -1.88. The predicted molar refractivity (Wildman–Crippen MR) is 92.5 cm³/mol. The average molecular weight is 332 g/mol. The molecule has 1 saturated heterocycles. The maximum atomic E-state index is 12.3. The molecule has 1 aromatic rings. The number of amides is 2. The number of benzene rings is 1. The summed E-state index contributed by atoms with van der Waals surface area (Å²) >= 11 is 0. The van der Waals surface area contributed by atoms with Crippen LogP contribution in [0, 0.1) is 5.92 Å². The zero-order valence-corrected chi connectivity index (χ0v) is 14.2. The number of carbonyl (C=O) groups excluding carboxylic acids is 2. The highest BCUT2D eigenvalue weighted by atomic mass is 16.5. The van der Waals surface area contributed by atoms with Crippen molar-refractivity contribution in [2.24, 2.45) is 5.92 Å². The summed E-state index contributed by atoms with van der Waals surface area (Å²) in [6, 6.07) is 10.3. The fourth-order valence-electron chi connectivity index (χ4n) is 3.32. The van der Waals surface area contributed by atoms with Crippen LogP contribution in [-0.4, -0.2) is 35.0 Å². The number of carbonyl (C=O) groups is 2. The molecule has 0 aromatic heterocycles. The molecule has 0 saturated carbocycles. The first-order valence-electron chi connectivity index (χ1n) is 8.93. The van der Waals surface area contributed by atoms with Gasteiger partial charge in [-0.3, -0.25) is 14.8 Å². The van der Waals surface area contributed by atoms with Crippen molar-refractivity contribution in [2.45, 2.75) is 51.4 Å². The Morgan fingerprint density at radius 1 is 1.08 bits per heavy atom. The van der Waals surface area contributed by atoms with E-state index >= 15 is 0 Å². The molecule has 5 nitrogen and oxygen atoms in total. The minimum atomic E-state index is -0.318. The molecule has 0 bridgehead atoms. The topological polar surface area (TPSA) is 69.6 Å². The predicted octanol–water partition coefficient (Wildman–Crippen LogP) is 2.92. The second-order valence-electron chi connectivity index (χ2n) is 6.59. The molecular weight excluding hydrogens is 304 g/mol. The van der Waals surface area contributed by atoms with E-state index in [1.807, 2.05) is 23.1 Å². The molecule has 1 aliphatic rings. The summed E-state index contributed by atoms with van der Waals surface area (Å²) in [5, 5.41) is 8.47. The van der Waals surface area contributed by atoms with E-state index in [0.717, 1.165) is 51.6 Å². The molecule has 0 atom stereocenters. The average Bonchev–Trinajstić information content (AvgIpc) is 2.63. The number of hydrogen-bond donors (Lipinski definition) is 2. The summed E-state index contributed by atoms with van der Waals surface area (Å²) in [6.07, 6.45) is 6.67. The fraction of sp³-hybridized carbons (Fsp3) is 0.579. The third-order valence-electron chi connectivity index (χ3n) is 4.81. The quantitative estimate of drug-likeness (QED) is 0.568. The van der Waals surface area contributed by atoms with Crippen LogP contribution in [0.25, 0.3) is 0 Å². The van der Waals surface area contributed by atoms with Gasteiger partial charge in [0.15, 0.2) is 0 Å². The van der Waals surface area contributed by atoms with Gasteiger partial charge in [-0.1, -0.05) is 30.3 Å². The van der Waals surface area contributed by atoms with Crippen LogP contribution in [0.15, 0.2) is 30.3 Å². The third kappa shape index (κ3) is 6.32. The Labute approximate surface area is 144 Å². The molecule has 1 heterocycles. The van der Waals surface area contributed by atoms with Gasteiger partial charge in [-0.25, -0.2) is 5.48 Å². The van der Waals surface area contributed by atoms with Gasteiger partial charge in [0.05, 0.1) is 0 Å². The summed E-state index contributed by atoms with van der Waals surface area (Å²) < 4.78 is 0. The Balaban J connectivity index is 1.59. The van der Waals surface area contributed by atoms with E-state index in [1.54, 1.807) is 5.48 Å². The van der Waals surface area contributed by atoms with Crippen LogP contribution in [-0.2, 0) is 16.0 Å². The molecule has 1 aliphatic heterocycles. The van der Waals surface area contributed by atoms with E-state index in [9.17, 15) is 9.59 Å². The van der Waals surface area contributed by atoms with Gasteiger partial charge in [-0.2, -0.15) is 0 Å². The van der Waals surface area contributed by atoms with Crippen LogP contribution in [0.1, 0.15) is 50.5 Å². The summed E-state index contributed by atoms with van der Waals surface area (Å²) in [7, 11) is 0. The molecule has 1 fully saturated rings. The largest absolute Gasteiger partial charge is 0.343 e. The van der Waals surface area contributed by atoms with Crippen LogP contribution >= 0.6 is 0 Å². The van der Waals surface area contributed by atoms with Gasteiger partial charge in [0.2, 0.25) is 11.8 Å².